The van der Waals surface area contributed by atoms with Gasteiger partial charge in [0.2, 0.25) is 0 Å². The maximum absolute atomic E-state index is 3.14. The van der Waals surface area contributed by atoms with Crippen LogP contribution < -0.4 is 5.32 Å². The summed E-state index contributed by atoms with van der Waals surface area (Å²) in [6, 6.07) is 8.31. The van der Waals surface area contributed by atoms with Crippen LogP contribution in [0.15, 0.2) is 30.5 Å². The molecule has 1 aromatic carbocycles. The van der Waals surface area contributed by atoms with E-state index in [2.05, 4.69) is 34.6 Å². The van der Waals surface area contributed by atoms with E-state index >= 15 is 0 Å². The highest BCUT2D eigenvalue weighted by Gasteiger charge is 1.93. The number of anilines is 1. The minimum Gasteiger partial charge on any atom is -0.388 e. The maximum Gasteiger partial charge on any atom is 0.0455 e. The SMILES string of the molecule is CNc1ccc2[nH]ccc2c1. The number of aromatic nitrogens is 1. The topological polar surface area (TPSA) is 27.8 Å². The molecule has 0 aliphatic carbocycles. The Labute approximate surface area is 65.2 Å². The second-order valence-electron chi connectivity index (χ2n) is 2.53. The highest BCUT2D eigenvalue weighted by atomic mass is 14.8. The van der Waals surface area contributed by atoms with Crippen molar-refractivity contribution < 1.29 is 0 Å². The summed E-state index contributed by atoms with van der Waals surface area (Å²) < 4.78 is 0. The van der Waals surface area contributed by atoms with E-state index in [0.717, 1.165) is 5.69 Å². The average molecular weight is 146 g/mol. The molecule has 0 unspecified atom stereocenters. The Balaban J connectivity index is 2.67. The lowest BCUT2D eigenvalue weighted by molar-refractivity contribution is 1.47. The first-order chi connectivity index (χ1) is 5.40. The zero-order valence-electron chi connectivity index (χ0n) is 6.39. The number of hydrogen-bond donors (Lipinski definition) is 2. The van der Waals surface area contributed by atoms with Crippen LogP contribution in [0.5, 0.6) is 0 Å². The van der Waals surface area contributed by atoms with Gasteiger partial charge in [-0.15, -0.1) is 0 Å². The number of aromatic amines is 1. The van der Waals surface area contributed by atoms with Crippen molar-refractivity contribution in [3.8, 4) is 0 Å². The Hall–Kier alpha value is -1.44. The largest absolute Gasteiger partial charge is 0.388 e. The van der Waals surface area contributed by atoms with E-state index in [1.165, 1.54) is 10.9 Å². The van der Waals surface area contributed by atoms with Crippen molar-refractivity contribution in [1.29, 1.82) is 0 Å². The molecule has 56 valence electrons. The highest BCUT2D eigenvalue weighted by Crippen LogP contribution is 2.16. The first kappa shape index (κ1) is 6.28. The maximum atomic E-state index is 3.14. The van der Waals surface area contributed by atoms with Crippen LogP contribution in [0.4, 0.5) is 5.69 Å². The van der Waals surface area contributed by atoms with Gasteiger partial charge in [0.15, 0.2) is 0 Å². The van der Waals surface area contributed by atoms with E-state index in [1.54, 1.807) is 0 Å². The molecule has 11 heavy (non-hydrogen) atoms. The Bertz CT molecular complexity index is 362. The Kier molecular flexibility index (Phi) is 1.32. The number of hydrogen-bond acceptors (Lipinski definition) is 1. The summed E-state index contributed by atoms with van der Waals surface area (Å²) in [4.78, 5) is 3.14. The predicted octanol–water partition coefficient (Wildman–Crippen LogP) is 2.21. The second kappa shape index (κ2) is 2.31. The first-order valence-corrected chi connectivity index (χ1v) is 3.65. The van der Waals surface area contributed by atoms with Crippen molar-refractivity contribution >= 4 is 16.6 Å². The van der Waals surface area contributed by atoms with Crippen molar-refractivity contribution in [2.24, 2.45) is 0 Å². The van der Waals surface area contributed by atoms with Crippen LogP contribution in [0.3, 0.4) is 0 Å². The van der Waals surface area contributed by atoms with Crippen LogP contribution >= 0.6 is 0 Å². The Morgan fingerprint density at radius 1 is 1.27 bits per heavy atom. The molecule has 0 aliphatic heterocycles. The van der Waals surface area contributed by atoms with Crippen molar-refractivity contribution in [3.63, 3.8) is 0 Å². The number of benzene rings is 1. The molecule has 0 atom stereocenters. The van der Waals surface area contributed by atoms with Crippen molar-refractivity contribution in [2.75, 3.05) is 12.4 Å². The zero-order chi connectivity index (χ0) is 7.68. The van der Waals surface area contributed by atoms with Crippen LogP contribution in [0, 0.1) is 0 Å². The van der Waals surface area contributed by atoms with Crippen LogP contribution in [0.2, 0.25) is 0 Å². The molecule has 0 amide bonds. The fraction of sp³-hybridized carbons (Fsp3) is 0.111. The second-order valence-corrected chi connectivity index (χ2v) is 2.53. The molecule has 0 aliphatic rings. The molecule has 2 rings (SSSR count). The molecule has 2 nitrogen and oxygen atoms in total. The molecule has 2 heteroatoms. The average Bonchev–Trinajstić information content (AvgIpc) is 2.50. The molecule has 2 N–H and O–H groups in total. The molecule has 0 radical (unpaired) electrons. The minimum atomic E-state index is 1.15. The third-order valence-electron chi connectivity index (χ3n) is 1.84. The van der Waals surface area contributed by atoms with Crippen LogP contribution in [-0.4, -0.2) is 12.0 Å². The summed E-state index contributed by atoms with van der Waals surface area (Å²) in [5, 5.41) is 4.34. The summed E-state index contributed by atoms with van der Waals surface area (Å²) in [7, 11) is 1.92. The molecule has 0 saturated heterocycles. The van der Waals surface area contributed by atoms with E-state index in [9.17, 15) is 0 Å². The van der Waals surface area contributed by atoms with E-state index in [-0.39, 0.29) is 0 Å². The quantitative estimate of drug-likeness (QED) is 0.634. The van der Waals surface area contributed by atoms with Crippen molar-refractivity contribution in [3.05, 3.63) is 30.5 Å². The molecule has 0 fully saturated rings. The molecule has 1 aromatic heterocycles. The summed E-state index contributed by atoms with van der Waals surface area (Å²) in [5.74, 6) is 0. The Morgan fingerprint density at radius 2 is 2.18 bits per heavy atom. The van der Waals surface area contributed by atoms with Gasteiger partial charge in [-0.2, -0.15) is 0 Å². The molecular weight excluding hydrogens is 136 g/mol. The molecule has 0 bridgehead atoms. The summed E-state index contributed by atoms with van der Waals surface area (Å²) in [5.41, 5.74) is 2.33. The third kappa shape index (κ3) is 0.963. The van der Waals surface area contributed by atoms with Crippen molar-refractivity contribution in [1.82, 2.24) is 4.98 Å². The fourth-order valence-corrected chi connectivity index (χ4v) is 1.21. The van der Waals surface area contributed by atoms with Gasteiger partial charge in [0.1, 0.15) is 0 Å². The van der Waals surface area contributed by atoms with Gasteiger partial charge >= 0.3 is 0 Å². The predicted molar refractivity (Wildman–Crippen MR) is 47.8 cm³/mol. The Morgan fingerprint density at radius 3 is 3.00 bits per heavy atom. The smallest absolute Gasteiger partial charge is 0.0455 e. The van der Waals surface area contributed by atoms with E-state index < -0.39 is 0 Å². The molecule has 0 saturated carbocycles. The number of nitrogens with one attached hydrogen (secondary N) is 2. The number of fused-ring (bicyclic) bond motifs is 1. The minimum absolute atomic E-state index is 1.15. The van der Waals surface area contributed by atoms with Gasteiger partial charge < -0.3 is 10.3 Å². The zero-order valence-corrected chi connectivity index (χ0v) is 6.39. The lowest BCUT2D eigenvalue weighted by Crippen LogP contribution is -1.85. The molecular formula is C9H10N2. The van der Waals surface area contributed by atoms with Crippen LogP contribution in [0.1, 0.15) is 0 Å². The van der Waals surface area contributed by atoms with Gasteiger partial charge in [-0.1, -0.05) is 0 Å². The molecule has 1 heterocycles. The van der Waals surface area contributed by atoms with E-state index in [0.29, 0.717) is 0 Å². The van der Waals surface area contributed by atoms with Crippen LogP contribution in [-0.2, 0) is 0 Å². The van der Waals surface area contributed by atoms with Gasteiger partial charge in [-0.25, -0.2) is 0 Å². The van der Waals surface area contributed by atoms with Gasteiger partial charge in [0.05, 0.1) is 0 Å². The highest BCUT2D eigenvalue weighted by molar-refractivity contribution is 5.82. The summed E-state index contributed by atoms with van der Waals surface area (Å²) in [6.07, 6.45) is 1.95. The van der Waals surface area contributed by atoms with E-state index in [1.807, 2.05) is 13.2 Å². The van der Waals surface area contributed by atoms with Gasteiger partial charge in [0.25, 0.3) is 0 Å². The molecule has 2 aromatic rings. The van der Waals surface area contributed by atoms with Crippen LogP contribution in [0.25, 0.3) is 10.9 Å². The fourth-order valence-electron chi connectivity index (χ4n) is 1.21. The van der Waals surface area contributed by atoms with Crippen molar-refractivity contribution in [2.45, 2.75) is 0 Å². The lowest BCUT2D eigenvalue weighted by Gasteiger charge is -1.97. The number of rotatable bonds is 1. The first-order valence-electron chi connectivity index (χ1n) is 3.65. The monoisotopic (exact) mass is 146 g/mol. The summed E-state index contributed by atoms with van der Waals surface area (Å²) >= 11 is 0. The molecule has 0 spiro atoms. The van der Waals surface area contributed by atoms with Gasteiger partial charge in [-0.05, 0) is 24.3 Å². The number of H-pyrrole nitrogens is 1. The van der Waals surface area contributed by atoms with E-state index in [4.69, 9.17) is 0 Å². The standard InChI is InChI=1S/C9H10N2/c1-10-8-2-3-9-7(6-8)4-5-11-9/h2-6,10-11H,1H3. The van der Waals surface area contributed by atoms with Gasteiger partial charge in [0, 0.05) is 29.8 Å². The normalized spacial score (nSPS) is 10.3. The lowest BCUT2D eigenvalue weighted by atomic mass is 10.2. The summed E-state index contributed by atoms with van der Waals surface area (Å²) in [6.45, 7) is 0. The third-order valence-corrected chi connectivity index (χ3v) is 1.84. The van der Waals surface area contributed by atoms with Gasteiger partial charge in [-0.3, -0.25) is 0 Å².